The summed E-state index contributed by atoms with van der Waals surface area (Å²) in [5.74, 6) is 0.844. The zero-order chi connectivity index (χ0) is 16.4. The van der Waals surface area contributed by atoms with Crippen molar-refractivity contribution in [3.8, 4) is 23.0 Å². The first-order valence-corrected chi connectivity index (χ1v) is 7.11. The van der Waals surface area contributed by atoms with Gasteiger partial charge < -0.3 is 9.84 Å². The molecule has 0 aliphatic carbocycles. The van der Waals surface area contributed by atoms with Crippen molar-refractivity contribution >= 4 is 18.4 Å². The zero-order valence-corrected chi connectivity index (χ0v) is 13.3. The number of benzene rings is 1. The number of aromatic nitrogens is 5. The highest BCUT2D eigenvalue weighted by Crippen LogP contribution is 2.28. The Bertz CT molecular complexity index is 923. The Morgan fingerprint density at radius 1 is 1.35 bits per heavy atom. The summed E-state index contributed by atoms with van der Waals surface area (Å²) in [6.45, 7) is 1.89. The number of aromatic hydroxyl groups is 1. The summed E-state index contributed by atoms with van der Waals surface area (Å²) < 4.78 is 6.82. The number of para-hydroxylation sites is 1. The Kier molecular flexibility index (Phi) is 3.94. The van der Waals surface area contributed by atoms with Crippen LogP contribution in [-0.4, -0.2) is 43.5 Å². The molecular weight excluding hydrogens is 316 g/mol. The average Bonchev–Trinajstić information content (AvgIpc) is 3.12. The maximum Gasteiger partial charge on any atom is 0.216 e. The highest BCUT2D eigenvalue weighted by atomic mass is 32.1. The topological polar surface area (TPSA) is 104 Å². The van der Waals surface area contributed by atoms with Crippen molar-refractivity contribution in [3.05, 3.63) is 40.3 Å². The molecule has 23 heavy (non-hydrogen) atoms. The molecule has 3 aromatic rings. The molecule has 8 nitrogen and oxygen atoms in total. The molecule has 118 valence electrons. The fourth-order valence-corrected chi connectivity index (χ4v) is 2.20. The highest BCUT2D eigenvalue weighted by molar-refractivity contribution is 7.71. The van der Waals surface area contributed by atoms with E-state index in [1.54, 1.807) is 18.2 Å². The van der Waals surface area contributed by atoms with E-state index in [1.165, 1.54) is 18.0 Å². The van der Waals surface area contributed by atoms with Gasteiger partial charge in [-0.15, -0.1) is 0 Å². The van der Waals surface area contributed by atoms with E-state index < -0.39 is 0 Å². The summed E-state index contributed by atoms with van der Waals surface area (Å²) in [6, 6.07) is 6.96. The lowest BCUT2D eigenvalue weighted by Crippen LogP contribution is -1.96. The van der Waals surface area contributed by atoms with Gasteiger partial charge in [0.05, 0.1) is 13.3 Å². The molecule has 0 amide bonds. The Balaban J connectivity index is 2.01. The van der Waals surface area contributed by atoms with Crippen molar-refractivity contribution in [2.75, 3.05) is 7.11 Å². The molecule has 0 fully saturated rings. The van der Waals surface area contributed by atoms with Crippen LogP contribution < -0.4 is 4.74 Å². The van der Waals surface area contributed by atoms with E-state index in [-0.39, 0.29) is 5.75 Å². The van der Waals surface area contributed by atoms with Crippen LogP contribution in [0.15, 0.2) is 29.4 Å². The van der Waals surface area contributed by atoms with Gasteiger partial charge in [-0.1, -0.05) is 6.07 Å². The standard InChI is InChI=1S/C14H14N6O2S/c1-8-6-10(17-16-8)13-18-19-14(23)20(13)15-7-9-4-3-5-11(22-2)12(9)21/h3-7,21H,1-2H3,(H,16,17)(H,19,23)/b15-7-. The Morgan fingerprint density at radius 2 is 2.17 bits per heavy atom. The van der Waals surface area contributed by atoms with E-state index in [0.717, 1.165) is 5.69 Å². The Hall–Kier alpha value is -2.94. The summed E-state index contributed by atoms with van der Waals surface area (Å²) in [5.41, 5.74) is 2.01. The minimum Gasteiger partial charge on any atom is -0.504 e. The van der Waals surface area contributed by atoms with E-state index in [9.17, 15) is 5.11 Å². The largest absolute Gasteiger partial charge is 0.504 e. The molecule has 0 radical (unpaired) electrons. The van der Waals surface area contributed by atoms with Gasteiger partial charge >= 0.3 is 0 Å². The van der Waals surface area contributed by atoms with Crippen molar-refractivity contribution in [2.45, 2.75) is 6.92 Å². The van der Waals surface area contributed by atoms with E-state index >= 15 is 0 Å². The molecule has 0 saturated heterocycles. The SMILES string of the molecule is COc1cccc(/C=N\n2c(-c3cc(C)[nH]n3)n[nH]c2=S)c1O. The van der Waals surface area contributed by atoms with Crippen LogP contribution in [0.1, 0.15) is 11.3 Å². The van der Waals surface area contributed by atoms with Crippen molar-refractivity contribution in [2.24, 2.45) is 5.10 Å². The number of phenols is 1. The number of hydrogen-bond acceptors (Lipinski definition) is 6. The first kappa shape index (κ1) is 15.0. The molecule has 0 unspecified atom stereocenters. The van der Waals surface area contributed by atoms with Gasteiger partial charge in [-0.25, -0.2) is 5.10 Å². The number of methoxy groups -OCH3 is 1. The fourth-order valence-electron chi connectivity index (χ4n) is 2.03. The van der Waals surface area contributed by atoms with Gasteiger partial charge in [-0.2, -0.15) is 20.0 Å². The second kappa shape index (κ2) is 6.05. The second-order valence-corrected chi connectivity index (χ2v) is 5.13. The number of aryl methyl sites for hydroxylation is 1. The van der Waals surface area contributed by atoms with Gasteiger partial charge in [0.1, 0.15) is 5.69 Å². The minimum atomic E-state index is 0.00549. The van der Waals surface area contributed by atoms with Crippen LogP contribution in [-0.2, 0) is 0 Å². The van der Waals surface area contributed by atoms with Crippen LogP contribution in [0, 0.1) is 11.7 Å². The molecule has 0 aliphatic rings. The second-order valence-electron chi connectivity index (χ2n) is 4.74. The quantitative estimate of drug-likeness (QED) is 0.503. The van der Waals surface area contributed by atoms with Crippen LogP contribution in [0.2, 0.25) is 0 Å². The number of phenolic OH excluding ortho intramolecular Hbond substituents is 1. The number of H-pyrrole nitrogens is 2. The van der Waals surface area contributed by atoms with Gasteiger partial charge in [-0.05, 0) is 37.3 Å². The molecule has 0 saturated carbocycles. The third-order valence-electron chi connectivity index (χ3n) is 3.15. The smallest absolute Gasteiger partial charge is 0.216 e. The maximum absolute atomic E-state index is 10.1. The molecule has 3 N–H and O–H groups in total. The van der Waals surface area contributed by atoms with Gasteiger partial charge in [-0.3, -0.25) is 5.10 Å². The summed E-state index contributed by atoms with van der Waals surface area (Å²) in [5, 5.41) is 28.2. The van der Waals surface area contributed by atoms with Crippen molar-refractivity contribution < 1.29 is 9.84 Å². The third-order valence-corrected chi connectivity index (χ3v) is 3.41. The fraction of sp³-hybridized carbons (Fsp3) is 0.143. The zero-order valence-electron chi connectivity index (χ0n) is 12.4. The predicted octanol–water partition coefficient (Wildman–Crippen LogP) is 2.24. The lowest BCUT2D eigenvalue weighted by atomic mass is 10.2. The molecular formula is C14H14N6O2S. The number of rotatable bonds is 4. The minimum absolute atomic E-state index is 0.00549. The Morgan fingerprint density at radius 3 is 2.87 bits per heavy atom. The number of nitrogens with zero attached hydrogens (tertiary/aromatic N) is 4. The number of hydrogen-bond donors (Lipinski definition) is 3. The van der Waals surface area contributed by atoms with Crippen LogP contribution in [0.25, 0.3) is 11.5 Å². The number of nitrogens with one attached hydrogen (secondary N) is 2. The lowest BCUT2D eigenvalue weighted by Gasteiger charge is -2.05. The van der Waals surface area contributed by atoms with Crippen LogP contribution in [0.5, 0.6) is 11.5 Å². The molecule has 2 heterocycles. The van der Waals surface area contributed by atoms with Crippen LogP contribution in [0.3, 0.4) is 0 Å². The number of ether oxygens (including phenoxy) is 1. The Labute approximate surface area is 136 Å². The average molecular weight is 330 g/mol. The molecule has 3 rings (SSSR count). The van der Waals surface area contributed by atoms with Crippen molar-refractivity contribution in [3.63, 3.8) is 0 Å². The predicted molar refractivity (Wildman–Crippen MR) is 87.4 cm³/mol. The molecule has 1 aromatic carbocycles. The summed E-state index contributed by atoms with van der Waals surface area (Å²) in [7, 11) is 1.49. The first-order valence-electron chi connectivity index (χ1n) is 6.70. The molecule has 0 bridgehead atoms. The monoisotopic (exact) mass is 330 g/mol. The summed E-state index contributed by atoms with van der Waals surface area (Å²) in [4.78, 5) is 0. The highest BCUT2D eigenvalue weighted by Gasteiger charge is 2.11. The first-order chi connectivity index (χ1) is 11.1. The lowest BCUT2D eigenvalue weighted by molar-refractivity contribution is 0.373. The normalized spacial score (nSPS) is 11.2. The summed E-state index contributed by atoms with van der Waals surface area (Å²) >= 11 is 5.18. The molecule has 0 aliphatic heterocycles. The van der Waals surface area contributed by atoms with Gasteiger partial charge in [0.15, 0.2) is 11.5 Å². The van der Waals surface area contributed by atoms with Gasteiger partial charge in [0, 0.05) is 11.3 Å². The number of aromatic amines is 2. The van der Waals surface area contributed by atoms with E-state index in [1.807, 2.05) is 13.0 Å². The van der Waals surface area contributed by atoms with Gasteiger partial charge in [0.25, 0.3) is 0 Å². The van der Waals surface area contributed by atoms with Crippen LogP contribution in [0.4, 0.5) is 0 Å². The van der Waals surface area contributed by atoms with Crippen molar-refractivity contribution in [1.82, 2.24) is 25.1 Å². The molecule has 0 spiro atoms. The molecule has 9 heteroatoms. The molecule has 2 aromatic heterocycles. The van der Waals surface area contributed by atoms with Gasteiger partial charge in [0.2, 0.25) is 10.6 Å². The summed E-state index contributed by atoms with van der Waals surface area (Å²) in [6.07, 6.45) is 1.48. The van der Waals surface area contributed by atoms with Crippen LogP contribution >= 0.6 is 12.2 Å². The third kappa shape index (κ3) is 2.86. The molecule has 0 atom stereocenters. The maximum atomic E-state index is 10.1. The van der Waals surface area contributed by atoms with E-state index in [2.05, 4.69) is 25.5 Å². The van der Waals surface area contributed by atoms with Crippen molar-refractivity contribution in [1.29, 1.82) is 0 Å². The van der Waals surface area contributed by atoms with E-state index in [4.69, 9.17) is 17.0 Å². The van der Waals surface area contributed by atoms with E-state index in [0.29, 0.717) is 27.6 Å².